The van der Waals surface area contributed by atoms with Crippen molar-refractivity contribution in [1.29, 1.82) is 0 Å². The third kappa shape index (κ3) is 2.78. The highest BCUT2D eigenvalue weighted by molar-refractivity contribution is 6.44. The zero-order valence-electron chi connectivity index (χ0n) is 14.4. The first-order chi connectivity index (χ1) is 11.9. The number of esters is 3. The smallest absolute Gasteiger partial charge is 0.329 e. The largest absolute Gasteiger partial charge is 0.465 e. The molecule has 1 fully saturated rings. The molecule has 0 aliphatic heterocycles. The molecule has 1 saturated carbocycles. The van der Waals surface area contributed by atoms with Crippen LogP contribution < -0.4 is 0 Å². The molecule has 25 heavy (non-hydrogen) atoms. The van der Waals surface area contributed by atoms with Crippen LogP contribution in [0, 0.1) is 5.41 Å². The van der Waals surface area contributed by atoms with Crippen LogP contribution in [0.3, 0.4) is 0 Å². The zero-order valence-corrected chi connectivity index (χ0v) is 15.2. The summed E-state index contributed by atoms with van der Waals surface area (Å²) >= 11 is 6.58. The Morgan fingerprint density at radius 2 is 1.32 bits per heavy atom. The predicted octanol–water partition coefficient (Wildman–Crippen LogP) is 2.44. The lowest BCUT2D eigenvalue weighted by molar-refractivity contribution is -0.167. The van der Waals surface area contributed by atoms with Crippen molar-refractivity contribution in [3.05, 3.63) is 35.9 Å². The highest BCUT2D eigenvalue weighted by Crippen LogP contribution is 2.73. The molecule has 7 heteroatoms. The maximum Gasteiger partial charge on any atom is 0.329 e. The summed E-state index contributed by atoms with van der Waals surface area (Å²) < 4.78 is 15.2. The van der Waals surface area contributed by atoms with Crippen LogP contribution >= 0.6 is 11.6 Å². The van der Waals surface area contributed by atoms with Gasteiger partial charge in [0.25, 0.3) is 0 Å². The van der Waals surface area contributed by atoms with Crippen LogP contribution in [-0.2, 0) is 28.6 Å². The van der Waals surface area contributed by atoms with Gasteiger partial charge in [0, 0.05) is 5.92 Å². The van der Waals surface area contributed by atoms with E-state index in [4.69, 9.17) is 25.8 Å². The fraction of sp³-hybridized carbons (Fsp3) is 0.500. The summed E-state index contributed by atoms with van der Waals surface area (Å²) in [6.07, 6.45) is 0. The van der Waals surface area contributed by atoms with Gasteiger partial charge in [-0.3, -0.25) is 14.4 Å². The van der Waals surface area contributed by atoms with Crippen LogP contribution in [0.5, 0.6) is 0 Å². The van der Waals surface area contributed by atoms with Crippen molar-refractivity contribution in [2.75, 3.05) is 19.8 Å². The van der Waals surface area contributed by atoms with E-state index in [2.05, 4.69) is 0 Å². The second-order valence-corrected chi connectivity index (χ2v) is 6.12. The molecule has 1 aliphatic rings. The maximum absolute atomic E-state index is 12.7. The summed E-state index contributed by atoms with van der Waals surface area (Å²) in [4.78, 5) is 36.1. The van der Waals surface area contributed by atoms with Gasteiger partial charge in [0.1, 0.15) is 0 Å². The molecule has 2 unspecified atom stereocenters. The van der Waals surface area contributed by atoms with Gasteiger partial charge < -0.3 is 14.2 Å². The fourth-order valence-electron chi connectivity index (χ4n) is 3.19. The second-order valence-electron chi connectivity index (χ2n) is 5.52. The summed E-state index contributed by atoms with van der Waals surface area (Å²) in [5, 5.41) is 0. The molecule has 1 aliphatic carbocycles. The van der Waals surface area contributed by atoms with Crippen molar-refractivity contribution in [3.8, 4) is 0 Å². The van der Waals surface area contributed by atoms with Crippen molar-refractivity contribution >= 4 is 29.5 Å². The topological polar surface area (TPSA) is 78.9 Å². The van der Waals surface area contributed by atoms with Gasteiger partial charge in [-0.15, -0.1) is 11.6 Å². The third-order valence-electron chi connectivity index (χ3n) is 4.22. The van der Waals surface area contributed by atoms with Crippen LogP contribution in [0.25, 0.3) is 0 Å². The maximum atomic E-state index is 12.7. The summed E-state index contributed by atoms with van der Waals surface area (Å²) in [7, 11) is 0. The van der Waals surface area contributed by atoms with E-state index in [1.165, 1.54) is 0 Å². The molecule has 0 aromatic heterocycles. The van der Waals surface area contributed by atoms with Gasteiger partial charge in [0.05, 0.1) is 19.8 Å². The van der Waals surface area contributed by atoms with Gasteiger partial charge in [0.15, 0.2) is 4.87 Å². The Morgan fingerprint density at radius 1 is 0.880 bits per heavy atom. The molecule has 0 N–H and O–H groups in total. The van der Waals surface area contributed by atoms with E-state index in [1.807, 2.05) is 0 Å². The molecule has 2 atom stereocenters. The number of ether oxygens (including phenoxy) is 3. The molecule has 1 aromatic carbocycles. The average Bonchev–Trinajstić information content (AvgIpc) is 3.19. The van der Waals surface area contributed by atoms with Crippen molar-refractivity contribution in [2.45, 2.75) is 31.6 Å². The lowest BCUT2D eigenvalue weighted by Gasteiger charge is -2.17. The van der Waals surface area contributed by atoms with E-state index in [9.17, 15) is 14.4 Å². The van der Waals surface area contributed by atoms with Gasteiger partial charge in [-0.25, -0.2) is 0 Å². The van der Waals surface area contributed by atoms with Crippen molar-refractivity contribution in [2.24, 2.45) is 5.41 Å². The lowest BCUT2D eigenvalue weighted by Crippen LogP contribution is -2.40. The molecule has 0 amide bonds. The molecular weight excluding hydrogens is 348 g/mol. The van der Waals surface area contributed by atoms with Gasteiger partial charge in [-0.1, -0.05) is 30.3 Å². The third-order valence-corrected chi connectivity index (χ3v) is 4.89. The monoisotopic (exact) mass is 368 g/mol. The minimum Gasteiger partial charge on any atom is -0.465 e. The Morgan fingerprint density at radius 3 is 1.76 bits per heavy atom. The second kappa shape index (κ2) is 7.44. The Kier molecular flexibility index (Phi) is 5.72. The van der Waals surface area contributed by atoms with Crippen LogP contribution in [0.15, 0.2) is 30.3 Å². The molecule has 2 rings (SSSR count). The highest BCUT2D eigenvalue weighted by Gasteiger charge is 2.91. The van der Waals surface area contributed by atoms with E-state index in [1.54, 1.807) is 51.1 Å². The van der Waals surface area contributed by atoms with Gasteiger partial charge in [0.2, 0.25) is 5.41 Å². The van der Waals surface area contributed by atoms with Crippen molar-refractivity contribution < 1.29 is 28.6 Å². The number of carbonyl (C=O) groups excluding carboxylic acids is 3. The van der Waals surface area contributed by atoms with Gasteiger partial charge in [-0.2, -0.15) is 0 Å². The number of hydrogen-bond donors (Lipinski definition) is 0. The SMILES string of the molecule is CCOC(=O)C1(Cl)C(c2ccccc2)C1(C(=O)OCC)C(=O)OCC. The first-order valence-corrected chi connectivity index (χ1v) is 8.56. The average molecular weight is 369 g/mol. The number of alkyl halides is 1. The Labute approximate surface area is 151 Å². The van der Waals surface area contributed by atoms with E-state index in [0.29, 0.717) is 5.56 Å². The predicted molar refractivity (Wildman–Crippen MR) is 90.1 cm³/mol. The highest BCUT2D eigenvalue weighted by atomic mass is 35.5. The molecule has 0 saturated heterocycles. The van der Waals surface area contributed by atoms with Gasteiger partial charge >= 0.3 is 17.9 Å². The summed E-state index contributed by atoms with van der Waals surface area (Å²) in [6, 6.07) is 8.64. The molecule has 136 valence electrons. The Bertz CT molecular complexity index is 641. The van der Waals surface area contributed by atoms with Crippen LogP contribution in [0.2, 0.25) is 0 Å². The molecular formula is C18H21ClO6. The summed E-state index contributed by atoms with van der Waals surface area (Å²) in [5.74, 6) is -3.54. The fourth-order valence-corrected chi connectivity index (χ4v) is 3.74. The Balaban J connectivity index is 2.61. The summed E-state index contributed by atoms with van der Waals surface area (Å²) in [5.41, 5.74) is -1.40. The van der Waals surface area contributed by atoms with E-state index < -0.39 is 34.1 Å². The number of carbonyl (C=O) groups is 3. The molecule has 1 aromatic rings. The van der Waals surface area contributed by atoms with E-state index in [0.717, 1.165) is 0 Å². The quantitative estimate of drug-likeness (QED) is 0.318. The standard InChI is InChI=1S/C18H21ClO6/c1-4-23-14(20)17(15(21)24-5-2)13(12-10-8-7-9-11-12)18(17,19)16(22)25-6-3/h7-11,13H,4-6H2,1-3H3. The number of benzene rings is 1. The molecule has 0 bridgehead atoms. The Hall–Kier alpha value is -2.08. The minimum atomic E-state index is -1.96. The zero-order chi connectivity index (χ0) is 18.7. The van der Waals surface area contributed by atoms with Crippen LogP contribution in [0.4, 0.5) is 0 Å². The van der Waals surface area contributed by atoms with E-state index in [-0.39, 0.29) is 19.8 Å². The van der Waals surface area contributed by atoms with Crippen molar-refractivity contribution in [3.63, 3.8) is 0 Å². The summed E-state index contributed by atoms with van der Waals surface area (Å²) in [6.45, 7) is 4.98. The lowest BCUT2D eigenvalue weighted by atomic mass is 9.98. The molecule has 0 radical (unpaired) electrons. The van der Waals surface area contributed by atoms with Crippen molar-refractivity contribution in [1.82, 2.24) is 0 Å². The number of hydrogen-bond acceptors (Lipinski definition) is 6. The van der Waals surface area contributed by atoms with Crippen LogP contribution in [0.1, 0.15) is 32.3 Å². The molecule has 0 spiro atoms. The first-order valence-electron chi connectivity index (χ1n) is 8.18. The number of halogens is 1. The minimum absolute atomic E-state index is 0.0390. The van der Waals surface area contributed by atoms with Crippen LogP contribution in [-0.4, -0.2) is 42.6 Å². The molecule has 0 heterocycles. The number of rotatable bonds is 7. The van der Waals surface area contributed by atoms with Gasteiger partial charge in [-0.05, 0) is 26.3 Å². The van der Waals surface area contributed by atoms with E-state index >= 15 is 0 Å². The molecule has 6 nitrogen and oxygen atoms in total. The first kappa shape index (κ1) is 19.2. The normalized spacial score (nSPS) is 23.4.